The van der Waals surface area contributed by atoms with Crippen LogP contribution >= 0.6 is 11.3 Å². The van der Waals surface area contributed by atoms with Crippen LogP contribution in [0.15, 0.2) is 29.1 Å². The lowest BCUT2D eigenvalue weighted by atomic mass is 9.91. The molecule has 1 aromatic carbocycles. The predicted octanol–water partition coefficient (Wildman–Crippen LogP) is 1.37. The Morgan fingerprint density at radius 1 is 1.29 bits per heavy atom. The maximum absolute atomic E-state index is 11.9. The smallest absolute Gasteiger partial charge is 0.266 e. The molecular formula is C16H17NO3S. The molecular weight excluding hydrogens is 286 g/mol. The van der Waals surface area contributed by atoms with Crippen LogP contribution in [0.2, 0.25) is 0 Å². The van der Waals surface area contributed by atoms with E-state index in [9.17, 15) is 14.7 Å². The molecule has 0 spiro atoms. The van der Waals surface area contributed by atoms with Gasteiger partial charge in [-0.05, 0) is 12.1 Å². The molecule has 0 saturated heterocycles. The Labute approximate surface area is 126 Å². The molecule has 1 aromatic heterocycles. The fourth-order valence-corrected chi connectivity index (χ4v) is 2.49. The molecule has 0 radical (unpaired) electrons. The van der Waals surface area contributed by atoms with Gasteiger partial charge in [-0.3, -0.25) is 9.59 Å². The van der Waals surface area contributed by atoms with Crippen LogP contribution in [-0.2, 0) is 4.79 Å². The molecule has 1 heterocycles. The minimum Gasteiger partial charge on any atom is -0.507 e. The molecule has 0 bridgehead atoms. The summed E-state index contributed by atoms with van der Waals surface area (Å²) in [6.45, 7) is 5.48. The first-order valence-electron chi connectivity index (χ1n) is 6.52. The van der Waals surface area contributed by atoms with Gasteiger partial charge in [-0.25, -0.2) is 0 Å². The SMILES string of the molecule is CC(C)(C)C(=O)/C=c1/[nH]c(=O)/c(=C/c2ccccc2O)s1. The van der Waals surface area contributed by atoms with Crippen LogP contribution in [0.25, 0.3) is 12.2 Å². The minimum atomic E-state index is -0.484. The second-order valence-electron chi connectivity index (χ2n) is 5.75. The molecule has 5 heteroatoms. The molecule has 0 atom stereocenters. The molecule has 0 aliphatic rings. The van der Waals surface area contributed by atoms with Gasteiger partial charge in [0.15, 0.2) is 5.78 Å². The number of hydrogen-bond donors (Lipinski definition) is 2. The molecule has 0 saturated carbocycles. The highest BCUT2D eigenvalue weighted by Crippen LogP contribution is 2.16. The Morgan fingerprint density at radius 3 is 2.57 bits per heavy atom. The van der Waals surface area contributed by atoms with Gasteiger partial charge < -0.3 is 10.1 Å². The fraction of sp³-hybridized carbons (Fsp3) is 0.250. The van der Waals surface area contributed by atoms with Crippen molar-refractivity contribution in [3.63, 3.8) is 0 Å². The molecule has 2 aromatic rings. The van der Waals surface area contributed by atoms with E-state index in [1.807, 2.05) is 20.8 Å². The number of aromatic nitrogens is 1. The number of benzene rings is 1. The average molecular weight is 303 g/mol. The third-order valence-corrected chi connectivity index (χ3v) is 3.87. The monoisotopic (exact) mass is 303 g/mol. The van der Waals surface area contributed by atoms with Gasteiger partial charge in [-0.15, -0.1) is 11.3 Å². The first-order valence-corrected chi connectivity index (χ1v) is 7.34. The Bertz CT molecular complexity index is 837. The number of ketones is 1. The van der Waals surface area contributed by atoms with E-state index < -0.39 is 5.41 Å². The van der Waals surface area contributed by atoms with Gasteiger partial charge in [-0.1, -0.05) is 39.0 Å². The van der Waals surface area contributed by atoms with Gasteiger partial charge in [0.05, 0.1) is 9.20 Å². The van der Waals surface area contributed by atoms with Gasteiger partial charge in [-0.2, -0.15) is 0 Å². The number of carbonyl (C=O) groups excluding carboxylic acids is 1. The van der Waals surface area contributed by atoms with Crippen LogP contribution in [0.3, 0.4) is 0 Å². The zero-order chi connectivity index (χ0) is 15.6. The normalized spacial score (nSPS) is 13.7. The van der Waals surface area contributed by atoms with Crippen molar-refractivity contribution in [3.05, 3.63) is 49.4 Å². The number of thiazole rings is 1. The summed E-state index contributed by atoms with van der Waals surface area (Å²) in [5.41, 5.74) is -0.183. The minimum absolute atomic E-state index is 0.0471. The number of aromatic amines is 1. The Balaban J connectivity index is 2.51. The summed E-state index contributed by atoms with van der Waals surface area (Å²) >= 11 is 1.20. The van der Waals surface area contributed by atoms with Gasteiger partial charge in [0.1, 0.15) is 5.75 Å². The first kappa shape index (κ1) is 15.3. The topological polar surface area (TPSA) is 70.2 Å². The van der Waals surface area contributed by atoms with E-state index in [0.717, 1.165) is 0 Å². The van der Waals surface area contributed by atoms with Crippen LogP contribution in [-0.4, -0.2) is 15.9 Å². The highest BCUT2D eigenvalue weighted by atomic mass is 32.1. The molecule has 0 aliphatic heterocycles. The summed E-state index contributed by atoms with van der Waals surface area (Å²) in [6.07, 6.45) is 3.06. The first-order chi connectivity index (χ1) is 9.77. The van der Waals surface area contributed by atoms with Crippen molar-refractivity contribution in [2.45, 2.75) is 20.8 Å². The predicted molar refractivity (Wildman–Crippen MR) is 84.8 cm³/mol. The van der Waals surface area contributed by atoms with E-state index in [-0.39, 0.29) is 17.1 Å². The number of para-hydroxylation sites is 1. The zero-order valence-electron chi connectivity index (χ0n) is 12.1. The molecule has 0 unspecified atom stereocenters. The van der Waals surface area contributed by atoms with Crippen molar-refractivity contribution in [2.24, 2.45) is 5.41 Å². The molecule has 2 N–H and O–H groups in total. The van der Waals surface area contributed by atoms with Gasteiger partial charge in [0.25, 0.3) is 5.56 Å². The highest BCUT2D eigenvalue weighted by molar-refractivity contribution is 7.07. The van der Waals surface area contributed by atoms with E-state index in [1.54, 1.807) is 30.3 Å². The van der Waals surface area contributed by atoms with Crippen LogP contribution in [0, 0.1) is 5.41 Å². The van der Waals surface area contributed by atoms with Gasteiger partial charge in [0.2, 0.25) is 0 Å². The molecule has 4 nitrogen and oxygen atoms in total. The summed E-state index contributed by atoms with van der Waals surface area (Å²) in [4.78, 5) is 26.5. The number of rotatable bonds is 2. The summed E-state index contributed by atoms with van der Waals surface area (Å²) < 4.78 is 0.964. The maximum atomic E-state index is 11.9. The van der Waals surface area contributed by atoms with Crippen molar-refractivity contribution in [1.29, 1.82) is 0 Å². The van der Waals surface area contributed by atoms with Crippen LogP contribution < -0.4 is 14.8 Å². The van der Waals surface area contributed by atoms with Gasteiger partial charge >= 0.3 is 0 Å². The van der Waals surface area contributed by atoms with E-state index in [2.05, 4.69) is 4.98 Å². The van der Waals surface area contributed by atoms with Gasteiger partial charge in [0, 0.05) is 17.1 Å². The van der Waals surface area contributed by atoms with Crippen LogP contribution in [0.4, 0.5) is 0 Å². The number of hydrogen-bond acceptors (Lipinski definition) is 4. The molecule has 21 heavy (non-hydrogen) atoms. The summed E-state index contributed by atoms with van der Waals surface area (Å²) in [5.74, 6) is 0.0655. The third kappa shape index (κ3) is 3.70. The molecule has 0 aliphatic carbocycles. The molecule has 0 amide bonds. The lowest BCUT2D eigenvalue weighted by Gasteiger charge is -2.12. The fourth-order valence-electron chi connectivity index (χ4n) is 1.61. The molecule has 110 valence electrons. The Kier molecular flexibility index (Phi) is 4.14. The number of phenolic OH excluding ortho intramolecular Hbond substituents is 1. The van der Waals surface area contributed by atoms with E-state index in [4.69, 9.17) is 0 Å². The quantitative estimate of drug-likeness (QED) is 0.880. The Morgan fingerprint density at radius 2 is 1.95 bits per heavy atom. The van der Waals surface area contributed by atoms with Crippen molar-refractivity contribution in [2.75, 3.05) is 0 Å². The second-order valence-corrected chi connectivity index (χ2v) is 6.83. The van der Waals surface area contributed by atoms with E-state index in [0.29, 0.717) is 14.8 Å². The number of Topliss-reactive ketones (excluding diaryl/α,β-unsaturated/α-hetero) is 1. The summed E-state index contributed by atoms with van der Waals surface area (Å²) in [7, 11) is 0. The number of nitrogens with one attached hydrogen (secondary N) is 1. The zero-order valence-corrected chi connectivity index (χ0v) is 13.0. The number of carbonyl (C=O) groups is 1. The van der Waals surface area contributed by atoms with E-state index in [1.165, 1.54) is 17.4 Å². The molecule has 0 fully saturated rings. The van der Waals surface area contributed by atoms with Crippen molar-refractivity contribution < 1.29 is 9.90 Å². The van der Waals surface area contributed by atoms with Crippen molar-refractivity contribution in [1.82, 2.24) is 4.98 Å². The van der Waals surface area contributed by atoms with Crippen LogP contribution in [0.5, 0.6) is 5.75 Å². The number of H-pyrrole nitrogens is 1. The molecule has 2 rings (SSSR count). The highest BCUT2D eigenvalue weighted by Gasteiger charge is 2.18. The van der Waals surface area contributed by atoms with Crippen molar-refractivity contribution >= 4 is 29.3 Å². The summed E-state index contributed by atoms with van der Waals surface area (Å²) in [6, 6.07) is 6.78. The third-order valence-electron chi connectivity index (χ3n) is 2.91. The number of phenols is 1. The average Bonchev–Trinajstić information content (AvgIpc) is 2.71. The maximum Gasteiger partial charge on any atom is 0.266 e. The van der Waals surface area contributed by atoms with Crippen LogP contribution in [0.1, 0.15) is 26.3 Å². The van der Waals surface area contributed by atoms with Crippen molar-refractivity contribution in [3.8, 4) is 5.75 Å². The Hall–Kier alpha value is -2.14. The lowest BCUT2D eigenvalue weighted by Crippen LogP contribution is -2.22. The number of aromatic hydroxyl groups is 1. The summed E-state index contributed by atoms with van der Waals surface area (Å²) in [5, 5.41) is 9.72. The largest absolute Gasteiger partial charge is 0.507 e. The lowest BCUT2D eigenvalue weighted by molar-refractivity contribution is -0.119. The second kappa shape index (κ2) is 5.69. The van der Waals surface area contributed by atoms with E-state index >= 15 is 0 Å². The standard InChI is InChI=1S/C16H17NO3S/c1-16(2,3)13(19)9-14-17-15(20)12(21-14)8-10-6-4-5-7-11(10)18/h4-9,18H,1-3H3,(H,17,20)/b12-8-,14-9-.